The highest BCUT2D eigenvalue weighted by atomic mass is 32.2. The van der Waals surface area contributed by atoms with Gasteiger partial charge in [-0.25, -0.2) is 8.42 Å². The summed E-state index contributed by atoms with van der Waals surface area (Å²) in [5.41, 5.74) is 0. The van der Waals surface area contributed by atoms with Gasteiger partial charge in [-0.3, -0.25) is 0 Å². The summed E-state index contributed by atoms with van der Waals surface area (Å²) < 4.78 is 60.5. The number of rotatable bonds is 7. The van der Waals surface area contributed by atoms with Crippen LogP contribution in [-0.4, -0.2) is 51.0 Å². The maximum atomic E-state index is 11.6. The molecule has 0 aromatic carbocycles. The summed E-state index contributed by atoms with van der Waals surface area (Å²) in [5, 5.41) is 9.16. The van der Waals surface area contributed by atoms with E-state index in [1.807, 2.05) is 0 Å². The van der Waals surface area contributed by atoms with Crippen LogP contribution in [0.1, 0.15) is 12.8 Å². The van der Waals surface area contributed by atoms with Gasteiger partial charge in [0.1, 0.15) is 16.4 Å². The molecule has 0 bridgehead atoms. The molecule has 0 aliphatic carbocycles. The average Bonchev–Trinajstić information content (AvgIpc) is 1.98. The van der Waals surface area contributed by atoms with Crippen LogP contribution in [0, 0.1) is 0 Å². The molecule has 4 nitrogen and oxygen atoms in total. The lowest BCUT2D eigenvalue weighted by Crippen LogP contribution is -2.23. The molecular weight excluding hydrogens is 249 g/mol. The smallest absolute Gasteiger partial charge is 0.391 e. The van der Waals surface area contributed by atoms with E-state index in [4.69, 9.17) is 5.11 Å². The van der Waals surface area contributed by atoms with Gasteiger partial charge in [-0.15, -0.1) is 0 Å². The lowest BCUT2D eigenvalue weighted by Gasteiger charge is -2.12. The van der Waals surface area contributed by atoms with Gasteiger partial charge in [0, 0.05) is 12.0 Å². The van der Waals surface area contributed by atoms with E-state index in [2.05, 4.69) is 4.74 Å². The molecule has 1 unspecified atom stereocenters. The van der Waals surface area contributed by atoms with Crippen LogP contribution in [0.15, 0.2) is 0 Å². The third-order valence-electron chi connectivity index (χ3n) is 1.63. The average molecular weight is 264 g/mol. The van der Waals surface area contributed by atoms with Crippen molar-refractivity contribution < 1.29 is 31.4 Å². The van der Waals surface area contributed by atoms with Crippen molar-refractivity contribution in [1.82, 2.24) is 0 Å². The Labute approximate surface area is 92.3 Å². The monoisotopic (exact) mass is 264 g/mol. The maximum Gasteiger partial charge on any atom is 0.411 e. The predicted molar refractivity (Wildman–Crippen MR) is 51.8 cm³/mol. The van der Waals surface area contributed by atoms with Gasteiger partial charge >= 0.3 is 6.18 Å². The summed E-state index contributed by atoms with van der Waals surface area (Å²) in [6, 6.07) is 0. The standard InChI is InChI=1S/C8H15F3O4S/c1-16(13,14)4-2-3-7(12)5-15-6-8(9,10)11/h7,12H,2-6H2,1H3. The van der Waals surface area contributed by atoms with E-state index in [0.29, 0.717) is 0 Å². The fraction of sp³-hybridized carbons (Fsp3) is 1.00. The fourth-order valence-corrected chi connectivity index (χ4v) is 1.67. The third-order valence-corrected chi connectivity index (χ3v) is 2.66. The molecule has 0 aliphatic heterocycles. The Balaban J connectivity index is 3.57. The van der Waals surface area contributed by atoms with Crippen molar-refractivity contribution in [2.24, 2.45) is 0 Å². The van der Waals surface area contributed by atoms with Crippen LogP contribution in [0.25, 0.3) is 0 Å². The lowest BCUT2D eigenvalue weighted by atomic mass is 10.2. The number of aliphatic hydroxyl groups is 1. The van der Waals surface area contributed by atoms with Crippen LogP contribution in [0.5, 0.6) is 0 Å². The van der Waals surface area contributed by atoms with Crippen LogP contribution in [-0.2, 0) is 14.6 Å². The number of hydrogen-bond donors (Lipinski definition) is 1. The van der Waals surface area contributed by atoms with E-state index in [1.165, 1.54) is 0 Å². The molecule has 0 heterocycles. The minimum atomic E-state index is -4.41. The van der Waals surface area contributed by atoms with Gasteiger partial charge in [0.2, 0.25) is 0 Å². The molecule has 0 radical (unpaired) electrons. The second kappa shape index (κ2) is 6.41. The number of aliphatic hydroxyl groups excluding tert-OH is 1. The van der Waals surface area contributed by atoms with Gasteiger partial charge in [-0.1, -0.05) is 0 Å². The molecule has 98 valence electrons. The van der Waals surface area contributed by atoms with Crippen molar-refractivity contribution in [2.75, 3.05) is 25.2 Å². The topological polar surface area (TPSA) is 63.6 Å². The Morgan fingerprint density at radius 3 is 2.38 bits per heavy atom. The van der Waals surface area contributed by atoms with Crippen molar-refractivity contribution in [2.45, 2.75) is 25.1 Å². The second-order valence-electron chi connectivity index (χ2n) is 3.56. The Kier molecular flexibility index (Phi) is 6.27. The maximum absolute atomic E-state index is 11.6. The highest BCUT2D eigenvalue weighted by Crippen LogP contribution is 2.14. The summed E-state index contributed by atoms with van der Waals surface area (Å²) >= 11 is 0. The minimum Gasteiger partial charge on any atom is -0.391 e. The molecule has 0 spiro atoms. The molecule has 1 atom stereocenters. The van der Waals surface area contributed by atoms with Crippen molar-refractivity contribution in [3.05, 3.63) is 0 Å². The van der Waals surface area contributed by atoms with E-state index in [-0.39, 0.29) is 18.6 Å². The first-order valence-electron chi connectivity index (χ1n) is 4.60. The normalized spacial score (nSPS) is 15.1. The number of sulfone groups is 1. The van der Waals surface area contributed by atoms with E-state index in [0.717, 1.165) is 6.26 Å². The number of ether oxygens (including phenoxy) is 1. The number of hydrogen-bond acceptors (Lipinski definition) is 4. The molecule has 0 rings (SSSR count). The highest BCUT2D eigenvalue weighted by molar-refractivity contribution is 7.90. The Hall–Kier alpha value is -0.340. The number of alkyl halides is 3. The third kappa shape index (κ3) is 11.7. The molecule has 0 aromatic rings. The van der Waals surface area contributed by atoms with Crippen molar-refractivity contribution in [1.29, 1.82) is 0 Å². The molecule has 1 N–H and O–H groups in total. The van der Waals surface area contributed by atoms with Gasteiger partial charge < -0.3 is 9.84 Å². The zero-order chi connectivity index (χ0) is 12.8. The van der Waals surface area contributed by atoms with E-state index in [1.54, 1.807) is 0 Å². The van der Waals surface area contributed by atoms with Gasteiger partial charge in [-0.05, 0) is 12.8 Å². The predicted octanol–water partition coefficient (Wildman–Crippen LogP) is 0.751. The van der Waals surface area contributed by atoms with Gasteiger partial charge in [-0.2, -0.15) is 13.2 Å². The van der Waals surface area contributed by atoms with Gasteiger partial charge in [0.15, 0.2) is 0 Å². The summed E-state index contributed by atoms with van der Waals surface area (Å²) in [4.78, 5) is 0. The summed E-state index contributed by atoms with van der Waals surface area (Å²) in [7, 11) is -3.10. The van der Waals surface area contributed by atoms with Crippen LogP contribution < -0.4 is 0 Å². The molecule has 0 aromatic heterocycles. The van der Waals surface area contributed by atoms with Crippen LogP contribution >= 0.6 is 0 Å². The zero-order valence-corrected chi connectivity index (χ0v) is 9.64. The Bertz CT molecular complexity index is 286. The summed E-state index contributed by atoms with van der Waals surface area (Å²) in [6.45, 7) is -1.85. The second-order valence-corrected chi connectivity index (χ2v) is 5.82. The molecule has 16 heavy (non-hydrogen) atoms. The van der Waals surface area contributed by atoms with Gasteiger partial charge in [0.25, 0.3) is 0 Å². The first-order valence-corrected chi connectivity index (χ1v) is 6.66. The summed E-state index contributed by atoms with van der Waals surface area (Å²) in [5.74, 6) is -0.0939. The van der Waals surface area contributed by atoms with Crippen LogP contribution in [0.4, 0.5) is 13.2 Å². The molecular formula is C8H15F3O4S. The molecule has 0 fully saturated rings. The SMILES string of the molecule is CS(=O)(=O)CCCC(O)COCC(F)(F)F. The van der Waals surface area contributed by atoms with E-state index in [9.17, 15) is 21.6 Å². The summed E-state index contributed by atoms with van der Waals surface area (Å²) in [6.07, 6.45) is -4.11. The van der Waals surface area contributed by atoms with E-state index >= 15 is 0 Å². The van der Waals surface area contributed by atoms with E-state index < -0.39 is 35.3 Å². The zero-order valence-electron chi connectivity index (χ0n) is 8.83. The largest absolute Gasteiger partial charge is 0.411 e. The molecule has 0 aliphatic rings. The van der Waals surface area contributed by atoms with Crippen molar-refractivity contribution in [3.8, 4) is 0 Å². The van der Waals surface area contributed by atoms with Crippen LogP contribution in [0.3, 0.4) is 0 Å². The molecule has 0 amide bonds. The first kappa shape index (κ1) is 15.7. The molecule has 8 heteroatoms. The lowest BCUT2D eigenvalue weighted by molar-refractivity contribution is -0.179. The Morgan fingerprint density at radius 2 is 1.94 bits per heavy atom. The molecule has 0 saturated heterocycles. The number of halogens is 3. The van der Waals surface area contributed by atoms with Crippen molar-refractivity contribution >= 4 is 9.84 Å². The minimum absolute atomic E-state index is 0.0939. The van der Waals surface area contributed by atoms with Crippen LogP contribution in [0.2, 0.25) is 0 Å². The van der Waals surface area contributed by atoms with Gasteiger partial charge in [0.05, 0.1) is 12.7 Å². The Morgan fingerprint density at radius 1 is 1.38 bits per heavy atom. The molecule has 0 saturated carbocycles. The van der Waals surface area contributed by atoms with Crippen molar-refractivity contribution in [3.63, 3.8) is 0 Å². The first-order chi connectivity index (χ1) is 7.10. The fourth-order valence-electron chi connectivity index (χ4n) is 0.975. The highest BCUT2D eigenvalue weighted by Gasteiger charge is 2.27. The quantitative estimate of drug-likeness (QED) is 0.737.